The zero-order valence-corrected chi connectivity index (χ0v) is 11.7. The number of phenolic OH excluding ortho intramolecular Hbond substituents is 1. The van der Waals surface area contributed by atoms with Gasteiger partial charge in [0.1, 0.15) is 17.1 Å². The van der Waals surface area contributed by atoms with Gasteiger partial charge in [-0.05, 0) is 38.2 Å². The average Bonchev–Trinajstić information content (AvgIpc) is 2.36. The molecule has 1 heterocycles. The van der Waals surface area contributed by atoms with Crippen molar-refractivity contribution < 1.29 is 14.9 Å². The van der Waals surface area contributed by atoms with Gasteiger partial charge in [-0.1, -0.05) is 13.8 Å². The number of phenols is 1. The minimum atomic E-state index is -0.508. The molecule has 3 heteroatoms. The molecule has 104 valence electrons. The molecule has 0 unspecified atom stereocenters. The van der Waals surface area contributed by atoms with Crippen molar-refractivity contribution in [1.82, 2.24) is 0 Å². The first kappa shape index (κ1) is 12.8. The van der Waals surface area contributed by atoms with Crippen LogP contribution < -0.4 is 4.74 Å². The average molecular weight is 262 g/mol. The first-order chi connectivity index (χ1) is 9.10. The molecule has 0 amide bonds. The van der Waals surface area contributed by atoms with E-state index in [0.717, 1.165) is 48.1 Å². The van der Waals surface area contributed by atoms with Gasteiger partial charge >= 0.3 is 0 Å². The third-order valence-corrected chi connectivity index (χ3v) is 4.72. The van der Waals surface area contributed by atoms with Crippen molar-refractivity contribution in [3.8, 4) is 11.5 Å². The van der Waals surface area contributed by atoms with E-state index in [9.17, 15) is 10.2 Å². The molecule has 1 aliphatic carbocycles. The van der Waals surface area contributed by atoms with Crippen LogP contribution in [-0.2, 0) is 12.8 Å². The highest BCUT2D eigenvalue weighted by molar-refractivity contribution is 5.55. The summed E-state index contributed by atoms with van der Waals surface area (Å²) in [5, 5.41) is 20.5. The molecule has 1 atom stereocenters. The fourth-order valence-electron chi connectivity index (χ4n) is 3.50. The summed E-state index contributed by atoms with van der Waals surface area (Å²) in [5.74, 6) is 1.14. The second-order valence-corrected chi connectivity index (χ2v) is 5.84. The Morgan fingerprint density at radius 3 is 2.47 bits per heavy atom. The van der Waals surface area contributed by atoms with Crippen LogP contribution in [0.4, 0.5) is 0 Å². The molecule has 1 aliphatic heterocycles. The molecule has 3 rings (SSSR count). The predicted octanol–water partition coefficient (Wildman–Crippen LogP) is 3.26. The van der Waals surface area contributed by atoms with Gasteiger partial charge in [0.15, 0.2) is 0 Å². The monoisotopic (exact) mass is 262 g/mol. The maximum absolute atomic E-state index is 10.4. The third kappa shape index (κ3) is 1.83. The van der Waals surface area contributed by atoms with E-state index in [1.54, 1.807) is 6.07 Å². The van der Waals surface area contributed by atoms with Crippen LogP contribution in [0, 0.1) is 0 Å². The normalized spacial score (nSPS) is 23.6. The van der Waals surface area contributed by atoms with Crippen LogP contribution in [-0.4, -0.2) is 15.8 Å². The Hall–Kier alpha value is -1.22. The topological polar surface area (TPSA) is 49.7 Å². The summed E-state index contributed by atoms with van der Waals surface area (Å²) in [4.78, 5) is 0. The van der Waals surface area contributed by atoms with Crippen molar-refractivity contribution in [2.45, 2.75) is 64.1 Å². The van der Waals surface area contributed by atoms with Crippen LogP contribution in [0.25, 0.3) is 0 Å². The van der Waals surface area contributed by atoms with Crippen LogP contribution in [0.5, 0.6) is 11.5 Å². The van der Waals surface area contributed by atoms with E-state index < -0.39 is 6.10 Å². The summed E-state index contributed by atoms with van der Waals surface area (Å²) in [6.07, 6.45) is 5.02. The first-order valence-electron chi connectivity index (χ1n) is 7.35. The second kappa shape index (κ2) is 4.41. The number of aliphatic hydroxyl groups excluding tert-OH is 1. The van der Waals surface area contributed by atoms with Gasteiger partial charge in [0.05, 0.1) is 6.10 Å². The lowest BCUT2D eigenvalue weighted by Gasteiger charge is -2.47. The Labute approximate surface area is 114 Å². The molecule has 2 aliphatic rings. The van der Waals surface area contributed by atoms with Gasteiger partial charge in [-0.3, -0.25) is 0 Å². The lowest BCUT2D eigenvalue weighted by Crippen LogP contribution is -2.47. The summed E-state index contributed by atoms with van der Waals surface area (Å²) in [6, 6.07) is 1.70. The Bertz CT molecular complexity index is 503. The molecule has 0 aromatic heterocycles. The van der Waals surface area contributed by atoms with Gasteiger partial charge in [-0.15, -0.1) is 0 Å². The number of hydrogen-bond donors (Lipinski definition) is 2. The third-order valence-electron chi connectivity index (χ3n) is 4.72. The molecule has 2 N–H and O–H groups in total. The van der Waals surface area contributed by atoms with E-state index in [0.29, 0.717) is 12.2 Å². The Morgan fingerprint density at radius 1 is 1.26 bits per heavy atom. The van der Waals surface area contributed by atoms with E-state index in [4.69, 9.17) is 4.74 Å². The summed E-state index contributed by atoms with van der Waals surface area (Å²) >= 11 is 0. The zero-order valence-electron chi connectivity index (χ0n) is 11.7. The molecule has 0 saturated heterocycles. The van der Waals surface area contributed by atoms with E-state index in [1.165, 1.54) is 6.42 Å². The summed E-state index contributed by atoms with van der Waals surface area (Å²) < 4.78 is 6.27. The number of fused-ring (bicyclic) bond motifs is 1. The molecular formula is C16H22O3. The molecule has 0 radical (unpaired) electrons. The fraction of sp³-hybridized carbons (Fsp3) is 0.625. The molecule has 1 spiro atoms. The summed E-state index contributed by atoms with van der Waals surface area (Å²) in [5.41, 5.74) is 2.66. The Balaban J connectivity index is 2.14. The number of ether oxygens (including phenoxy) is 1. The van der Waals surface area contributed by atoms with Crippen molar-refractivity contribution in [2.75, 3.05) is 0 Å². The number of aromatic hydroxyl groups is 1. The zero-order chi connectivity index (χ0) is 13.6. The van der Waals surface area contributed by atoms with Crippen molar-refractivity contribution in [2.24, 2.45) is 0 Å². The molecule has 1 saturated carbocycles. The van der Waals surface area contributed by atoms with E-state index in [1.807, 2.05) is 6.92 Å². The summed E-state index contributed by atoms with van der Waals surface area (Å²) in [6.45, 7) is 4.12. The van der Waals surface area contributed by atoms with Crippen LogP contribution in [0.15, 0.2) is 6.07 Å². The molecule has 19 heavy (non-hydrogen) atoms. The Morgan fingerprint density at radius 2 is 1.95 bits per heavy atom. The van der Waals surface area contributed by atoms with E-state index in [-0.39, 0.29) is 5.60 Å². The highest BCUT2D eigenvalue weighted by atomic mass is 16.5. The van der Waals surface area contributed by atoms with Gasteiger partial charge in [0.2, 0.25) is 0 Å². The van der Waals surface area contributed by atoms with Crippen molar-refractivity contribution in [1.29, 1.82) is 0 Å². The van der Waals surface area contributed by atoms with Crippen molar-refractivity contribution in [3.05, 3.63) is 22.8 Å². The first-order valence-corrected chi connectivity index (χ1v) is 7.35. The molecular weight excluding hydrogens is 240 g/mol. The predicted molar refractivity (Wildman–Crippen MR) is 73.6 cm³/mol. The van der Waals surface area contributed by atoms with Gasteiger partial charge in [0.25, 0.3) is 0 Å². The van der Waals surface area contributed by atoms with Crippen LogP contribution >= 0.6 is 0 Å². The molecule has 3 nitrogen and oxygen atoms in total. The molecule has 1 aromatic carbocycles. The molecule has 1 aromatic rings. The second-order valence-electron chi connectivity index (χ2n) is 5.84. The van der Waals surface area contributed by atoms with Crippen LogP contribution in [0.3, 0.4) is 0 Å². The van der Waals surface area contributed by atoms with Gasteiger partial charge in [-0.2, -0.15) is 0 Å². The smallest absolute Gasteiger partial charge is 0.129 e. The van der Waals surface area contributed by atoms with Crippen LogP contribution in [0.2, 0.25) is 0 Å². The SMILES string of the molecule is CCc1c(O)cc2c(c1CC)OC1(CCC1)C[C@H]2O. The maximum Gasteiger partial charge on any atom is 0.129 e. The maximum atomic E-state index is 10.4. The lowest BCUT2D eigenvalue weighted by atomic mass is 9.73. The highest BCUT2D eigenvalue weighted by Crippen LogP contribution is 2.51. The molecule has 1 fully saturated rings. The fourth-order valence-corrected chi connectivity index (χ4v) is 3.50. The standard InChI is InChI=1S/C16H22O3/c1-3-10-11(4-2)15-12(8-13(10)17)14(18)9-16(19-15)6-5-7-16/h8,14,17-18H,3-7,9H2,1-2H3/t14-/m1/s1. The van der Waals surface area contributed by atoms with Crippen molar-refractivity contribution >= 4 is 0 Å². The number of hydrogen-bond acceptors (Lipinski definition) is 3. The molecule has 0 bridgehead atoms. The van der Waals surface area contributed by atoms with Gasteiger partial charge < -0.3 is 14.9 Å². The van der Waals surface area contributed by atoms with Gasteiger partial charge in [0, 0.05) is 23.1 Å². The minimum Gasteiger partial charge on any atom is -0.508 e. The number of benzene rings is 1. The van der Waals surface area contributed by atoms with Gasteiger partial charge in [-0.25, -0.2) is 0 Å². The van der Waals surface area contributed by atoms with E-state index >= 15 is 0 Å². The van der Waals surface area contributed by atoms with Crippen molar-refractivity contribution in [3.63, 3.8) is 0 Å². The highest BCUT2D eigenvalue weighted by Gasteiger charge is 2.46. The number of rotatable bonds is 2. The minimum absolute atomic E-state index is 0.141. The summed E-state index contributed by atoms with van der Waals surface area (Å²) in [7, 11) is 0. The van der Waals surface area contributed by atoms with E-state index in [2.05, 4.69) is 6.92 Å². The Kier molecular flexibility index (Phi) is 2.97. The van der Waals surface area contributed by atoms with Crippen LogP contribution in [0.1, 0.15) is 62.3 Å². The largest absolute Gasteiger partial charge is 0.508 e. The number of aliphatic hydroxyl groups is 1. The quantitative estimate of drug-likeness (QED) is 0.860. The lowest BCUT2D eigenvalue weighted by molar-refractivity contribution is -0.0671.